The average molecular weight is 296 g/mol. The number of aromatic nitrogens is 2. The Hall–Kier alpha value is -1.47. The van der Waals surface area contributed by atoms with E-state index in [9.17, 15) is 4.79 Å². The van der Waals surface area contributed by atoms with Crippen molar-refractivity contribution in [1.29, 1.82) is 0 Å². The lowest BCUT2D eigenvalue weighted by Crippen LogP contribution is -2.32. The predicted molar refractivity (Wildman–Crippen MR) is 76.5 cm³/mol. The van der Waals surface area contributed by atoms with Crippen LogP contribution >= 0.6 is 0 Å². The van der Waals surface area contributed by atoms with Crippen molar-refractivity contribution in [2.24, 2.45) is 5.92 Å². The first kappa shape index (κ1) is 15.9. The summed E-state index contributed by atoms with van der Waals surface area (Å²) < 4.78 is 10.2. The summed E-state index contributed by atoms with van der Waals surface area (Å²) in [4.78, 5) is 20.3. The molecule has 2 rings (SSSR count). The molecule has 1 aliphatic rings. The number of hydrogen-bond acceptors (Lipinski definition) is 6. The van der Waals surface area contributed by atoms with Crippen LogP contribution in [0.25, 0.3) is 0 Å². The van der Waals surface area contributed by atoms with Crippen LogP contribution in [-0.2, 0) is 16.1 Å². The Morgan fingerprint density at radius 1 is 1.52 bits per heavy atom. The molecule has 2 heterocycles. The van der Waals surface area contributed by atoms with Gasteiger partial charge in [0.15, 0.2) is 5.82 Å². The summed E-state index contributed by atoms with van der Waals surface area (Å²) in [5.74, 6) is 1.87. The van der Waals surface area contributed by atoms with Gasteiger partial charge in [0, 0.05) is 33.2 Å². The second-order valence-corrected chi connectivity index (χ2v) is 5.47. The SMILES string of the molecule is CCN(Cc1nc(C)no1)CC1CC(=O)N(CCOC)C1. The summed E-state index contributed by atoms with van der Waals surface area (Å²) in [6, 6.07) is 0. The van der Waals surface area contributed by atoms with E-state index in [0.717, 1.165) is 19.6 Å². The Morgan fingerprint density at radius 3 is 2.95 bits per heavy atom. The van der Waals surface area contributed by atoms with E-state index >= 15 is 0 Å². The zero-order valence-electron chi connectivity index (χ0n) is 13.0. The van der Waals surface area contributed by atoms with Crippen LogP contribution in [0.1, 0.15) is 25.1 Å². The lowest BCUT2D eigenvalue weighted by molar-refractivity contribution is -0.128. The maximum atomic E-state index is 11.9. The molecule has 1 aliphatic heterocycles. The minimum absolute atomic E-state index is 0.224. The molecule has 0 bridgehead atoms. The highest BCUT2D eigenvalue weighted by molar-refractivity contribution is 5.78. The summed E-state index contributed by atoms with van der Waals surface area (Å²) in [5.41, 5.74) is 0. The van der Waals surface area contributed by atoms with Gasteiger partial charge in [0.1, 0.15) is 0 Å². The minimum Gasteiger partial charge on any atom is -0.383 e. The van der Waals surface area contributed by atoms with Gasteiger partial charge in [-0.3, -0.25) is 9.69 Å². The molecule has 1 atom stereocenters. The molecule has 0 N–H and O–H groups in total. The Labute approximate surface area is 125 Å². The predicted octanol–water partition coefficient (Wildman–Crippen LogP) is 0.695. The third-order valence-electron chi connectivity index (χ3n) is 3.75. The maximum absolute atomic E-state index is 11.9. The van der Waals surface area contributed by atoms with Gasteiger partial charge in [0.2, 0.25) is 11.8 Å². The molecule has 21 heavy (non-hydrogen) atoms. The van der Waals surface area contributed by atoms with E-state index in [2.05, 4.69) is 22.0 Å². The molecule has 0 aromatic carbocycles. The lowest BCUT2D eigenvalue weighted by atomic mass is 10.1. The van der Waals surface area contributed by atoms with Crippen LogP contribution in [0.2, 0.25) is 0 Å². The number of aryl methyl sites for hydroxylation is 1. The molecular weight excluding hydrogens is 272 g/mol. The van der Waals surface area contributed by atoms with Crippen molar-refractivity contribution in [3.05, 3.63) is 11.7 Å². The van der Waals surface area contributed by atoms with Gasteiger partial charge in [-0.15, -0.1) is 0 Å². The number of carbonyl (C=O) groups is 1. The highest BCUT2D eigenvalue weighted by Gasteiger charge is 2.30. The van der Waals surface area contributed by atoms with Gasteiger partial charge in [0.25, 0.3) is 0 Å². The van der Waals surface area contributed by atoms with Crippen molar-refractivity contribution < 1.29 is 14.1 Å². The van der Waals surface area contributed by atoms with Crippen LogP contribution in [0.15, 0.2) is 4.52 Å². The first-order chi connectivity index (χ1) is 10.1. The second kappa shape index (κ2) is 7.51. The molecule has 1 aromatic heterocycles. The second-order valence-electron chi connectivity index (χ2n) is 5.47. The number of amides is 1. The van der Waals surface area contributed by atoms with Gasteiger partial charge in [0.05, 0.1) is 13.2 Å². The molecule has 1 saturated heterocycles. The van der Waals surface area contributed by atoms with E-state index in [4.69, 9.17) is 9.26 Å². The maximum Gasteiger partial charge on any atom is 0.240 e. The van der Waals surface area contributed by atoms with Crippen molar-refractivity contribution in [2.45, 2.75) is 26.8 Å². The van der Waals surface area contributed by atoms with Crippen LogP contribution in [0.3, 0.4) is 0 Å². The Morgan fingerprint density at radius 2 is 2.33 bits per heavy atom. The van der Waals surface area contributed by atoms with E-state index in [-0.39, 0.29) is 5.91 Å². The topological polar surface area (TPSA) is 71.7 Å². The van der Waals surface area contributed by atoms with Gasteiger partial charge in [-0.1, -0.05) is 12.1 Å². The van der Waals surface area contributed by atoms with Crippen molar-refractivity contribution in [2.75, 3.05) is 39.9 Å². The molecule has 1 aromatic rings. The molecule has 7 nitrogen and oxygen atoms in total. The normalized spacial score (nSPS) is 19.0. The third kappa shape index (κ3) is 4.50. The van der Waals surface area contributed by atoms with Crippen molar-refractivity contribution in [1.82, 2.24) is 19.9 Å². The third-order valence-corrected chi connectivity index (χ3v) is 3.75. The molecule has 0 spiro atoms. The van der Waals surface area contributed by atoms with Gasteiger partial charge < -0.3 is 14.2 Å². The Kier molecular flexibility index (Phi) is 5.69. The van der Waals surface area contributed by atoms with Crippen LogP contribution in [0.4, 0.5) is 0 Å². The fraction of sp³-hybridized carbons (Fsp3) is 0.786. The summed E-state index contributed by atoms with van der Waals surface area (Å²) in [5, 5.41) is 3.80. The van der Waals surface area contributed by atoms with Gasteiger partial charge in [-0.2, -0.15) is 4.98 Å². The smallest absolute Gasteiger partial charge is 0.240 e. The van der Waals surface area contributed by atoms with Crippen molar-refractivity contribution >= 4 is 5.91 Å². The van der Waals surface area contributed by atoms with E-state index in [0.29, 0.717) is 43.8 Å². The van der Waals surface area contributed by atoms with Gasteiger partial charge >= 0.3 is 0 Å². The van der Waals surface area contributed by atoms with Gasteiger partial charge in [-0.25, -0.2) is 0 Å². The average Bonchev–Trinajstić information content (AvgIpc) is 3.02. The summed E-state index contributed by atoms with van der Waals surface area (Å²) >= 11 is 0. The van der Waals surface area contributed by atoms with Crippen molar-refractivity contribution in [3.63, 3.8) is 0 Å². The van der Waals surface area contributed by atoms with E-state index in [1.807, 2.05) is 11.8 Å². The number of hydrogen-bond donors (Lipinski definition) is 0. The minimum atomic E-state index is 0.224. The largest absolute Gasteiger partial charge is 0.383 e. The molecule has 0 aliphatic carbocycles. The zero-order valence-corrected chi connectivity index (χ0v) is 13.0. The number of methoxy groups -OCH3 is 1. The van der Waals surface area contributed by atoms with Crippen LogP contribution in [-0.4, -0.2) is 65.7 Å². The quantitative estimate of drug-likeness (QED) is 0.703. The molecule has 1 amide bonds. The summed E-state index contributed by atoms with van der Waals surface area (Å²) in [6.45, 7) is 8.40. The molecule has 0 saturated carbocycles. The number of rotatable bonds is 8. The highest BCUT2D eigenvalue weighted by Crippen LogP contribution is 2.19. The summed E-state index contributed by atoms with van der Waals surface area (Å²) in [7, 11) is 1.66. The van der Waals surface area contributed by atoms with Gasteiger partial charge in [-0.05, 0) is 19.4 Å². The molecule has 1 unspecified atom stereocenters. The fourth-order valence-electron chi connectivity index (χ4n) is 2.66. The van der Waals surface area contributed by atoms with Crippen LogP contribution < -0.4 is 0 Å². The standard InChI is InChI=1S/C14H24N4O3/c1-4-17(10-13-15-11(2)16-21-13)8-12-7-14(19)18(9-12)5-6-20-3/h12H,4-10H2,1-3H3. The zero-order chi connectivity index (χ0) is 15.2. The number of nitrogens with zero attached hydrogens (tertiary/aromatic N) is 4. The first-order valence-electron chi connectivity index (χ1n) is 7.40. The summed E-state index contributed by atoms with van der Waals surface area (Å²) in [6.07, 6.45) is 0.614. The molecule has 118 valence electrons. The Balaban J connectivity index is 1.83. The molecular formula is C14H24N4O3. The highest BCUT2D eigenvalue weighted by atomic mass is 16.5. The molecule has 7 heteroatoms. The van der Waals surface area contributed by atoms with Crippen molar-refractivity contribution in [3.8, 4) is 0 Å². The number of ether oxygens (including phenoxy) is 1. The van der Waals surface area contributed by atoms with E-state index in [1.54, 1.807) is 7.11 Å². The first-order valence-corrected chi connectivity index (χ1v) is 7.40. The fourth-order valence-corrected chi connectivity index (χ4v) is 2.66. The van der Waals surface area contributed by atoms with Crippen LogP contribution in [0, 0.1) is 12.8 Å². The lowest BCUT2D eigenvalue weighted by Gasteiger charge is -2.22. The monoisotopic (exact) mass is 296 g/mol. The van der Waals surface area contributed by atoms with E-state index in [1.165, 1.54) is 0 Å². The van der Waals surface area contributed by atoms with Crippen LogP contribution in [0.5, 0.6) is 0 Å². The number of carbonyl (C=O) groups excluding carboxylic acids is 1. The molecule has 0 radical (unpaired) electrons. The Bertz CT molecular complexity index is 463. The molecule has 1 fully saturated rings. The number of likely N-dealkylation sites (tertiary alicyclic amines) is 1. The van der Waals surface area contributed by atoms with E-state index < -0.39 is 0 Å².